The summed E-state index contributed by atoms with van der Waals surface area (Å²) >= 11 is 0. The van der Waals surface area contributed by atoms with Crippen LogP contribution in [0.1, 0.15) is 28.8 Å². The third-order valence-electron chi connectivity index (χ3n) is 5.12. The first-order chi connectivity index (χ1) is 16.5. The molecule has 3 aromatic rings. The van der Waals surface area contributed by atoms with Crippen LogP contribution in [0, 0.1) is 5.82 Å². The van der Waals surface area contributed by atoms with Gasteiger partial charge in [0.2, 0.25) is 10.0 Å². The molecule has 0 aliphatic carbocycles. The van der Waals surface area contributed by atoms with Gasteiger partial charge in [0.1, 0.15) is 17.3 Å². The van der Waals surface area contributed by atoms with Gasteiger partial charge in [0.15, 0.2) is 0 Å². The maximum absolute atomic E-state index is 13.3. The molecule has 35 heavy (non-hydrogen) atoms. The molecule has 0 aromatic heterocycles. The molecule has 0 radical (unpaired) electrons. The van der Waals surface area contributed by atoms with Crippen LogP contribution in [-0.2, 0) is 16.4 Å². The largest absolute Gasteiger partial charge is 0.506 e. The van der Waals surface area contributed by atoms with Crippen molar-refractivity contribution in [3.05, 3.63) is 89.2 Å². The number of aliphatic hydroxyl groups excluding tert-OH is 1. The average molecular weight is 511 g/mol. The second kappa shape index (κ2) is 11.4. The maximum atomic E-state index is 13.3. The number of nitrogens with one attached hydrogen (secondary N) is 2. The van der Waals surface area contributed by atoms with Crippen molar-refractivity contribution < 1.29 is 36.5 Å². The number of sulfonamides is 1. The van der Waals surface area contributed by atoms with Crippen molar-refractivity contribution in [3.8, 4) is 11.5 Å². The van der Waals surface area contributed by atoms with Crippen LogP contribution >= 0.6 is 0 Å². The SMILES string of the molecule is CS(=O)(=O)Nc1cc([C@H](O)CNC(Cc2ccc(F)cc2)c2ccc(OC(F)F)cc2)ccc1O. The molecule has 2 atom stereocenters. The summed E-state index contributed by atoms with van der Waals surface area (Å²) in [5, 5.41) is 23.8. The number of ether oxygens (including phenoxy) is 1. The van der Waals surface area contributed by atoms with Gasteiger partial charge < -0.3 is 20.3 Å². The first kappa shape index (κ1) is 26.3. The smallest absolute Gasteiger partial charge is 0.387 e. The topological polar surface area (TPSA) is 108 Å². The van der Waals surface area contributed by atoms with Crippen LogP contribution in [0.25, 0.3) is 0 Å². The minimum Gasteiger partial charge on any atom is -0.506 e. The van der Waals surface area contributed by atoms with Crippen molar-refractivity contribution in [1.29, 1.82) is 0 Å². The van der Waals surface area contributed by atoms with Gasteiger partial charge in [0.25, 0.3) is 0 Å². The summed E-state index contributed by atoms with van der Waals surface area (Å²) in [6.07, 6.45) is 0.265. The number of alkyl halides is 2. The second-order valence-corrected chi connectivity index (χ2v) is 9.65. The van der Waals surface area contributed by atoms with E-state index in [2.05, 4.69) is 14.8 Å². The zero-order valence-corrected chi connectivity index (χ0v) is 19.5. The third-order valence-corrected chi connectivity index (χ3v) is 5.71. The fourth-order valence-corrected chi connectivity index (χ4v) is 4.02. The Morgan fingerprint density at radius 3 is 2.20 bits per heavy atom. The van der Waals surface area contributed by atoms with E-state index in [4.69, 9.17) is 0 Å². The van der Waals surface area contributed by atoms with E-state index in [9.17, 15) is 31.8 Å². The van der Waals surface area contributed by atoms with Crippen molar-refractivity contribution in [2.45, 2.75) is 25.2 Å². The fraction of sp³-hybridized carbons (Fsp3) is 0.250. The number of rotatable bonds is 11. The van der Waals surface area contributed by atoms with Gasteiger partial charge in [-0.1, -0.05) is 30.3 Å². The number of hydrogen-bond acceptors (Lipinski definition) is 6. The Kier molecular flexibility index (Phi) is 8.60. The lowest BCUT2D eigenvalue weighted by Gasteiger charge is -2.22. The Bertz CT molecular complexity index is 1220. The Labute approximate surface area is 201 Å². The predicted molar refractivity (Wildman–Crippen MR) is 125 cm³/mol. The van der Waals surface area contributed by atoms with Crippen molar-refractivity contribution in [2.24, 2.45) is 0 Å². The van der Waals surface area contributed by atoms with E-state index in [0.29, 0.717) is 17.5 Å². The number of anilines is 1. The zero-order valence-electron chi connectivity index (χ0n) is 18.7. The summed E-state index contributed by atoms with van der Waals surface area (Å²) < 4.78 is 67.9. The molecular weight excluding hydrogens is 485 g/mol. The molecule has 0 fully saturated rings. The molecule has 7 nitrogen and oxygen atoms in total. The van der Waals surface area contributed by atoms with E-state index in [0.717, 1.165) is 11.8 Å². The lowest BCUT2D eigenvalue weighted by Crippen LogP contribution is -2.28. The minimum absolute atomic E-state index is 0.000633. The van der Waals surface area contributed by atoms with Crippen molar-refractivity contribution in [1.82, 2.24) is 5.32 Å². The summed E-state index contributed by atoms with van der Waals surface area (Å²) in [5.41, 5.74) is 1.80. The number of hydrogen-bond donors (Lipinski definition) is 4. The molecule has 11 heteroatoms. The van der Waals surface area contributed by atoms with Crippen LogP contribution in [0.5, 0.6) is 11.5 Å². The van der Waals surface area contributed by atoms with Crippen LogP contribution in [-0.4, -0.2) is 38.0 Å². The number of phenolic OH excluding ortho intramolecular Hbond substituents is 1. The quantitative estimate of drug-likeness (QED) is 0.289. The Balaban J connectivity index is 1.78. The predicted octanol–water partition coefficient (Wildman–Crippen LogP) is 4.11. The average Bonchev–Trinajstić information content (AvgIpc) is 2.78. The molecule has 0 amide bonds. The van der Waals surface area contributed by atoms with E-state index in [-0.39, 0.29) is 35.6 Å². The summed E-state index contributed by atoms with van der Waals surface area (Å²) in [7, 11) is -3.64. The van der Waals surface area contributed by atoms with Gasteiger partial charge in [-0.05, 0) is 59.5 Å². The van der Waals surface area contributed by atoms with Gasteiger partial charge in [-0.15, -0.1) is 0 Å². The number of benzene rings is 3. The summed E-state index contributed by atoms with van der Waals surface area (Å²) in [4.78, 5) is 0. The van der Waals surface area contributed by atoms with Crippen LogP contribution in [0.3, 0.4) is 0 Å². The molecular formula is C24H25F3N2O5S. The van der Waals surface area contributed by atoms with E-state index in [1.165, 1.54) is 42.5 Å². The third kappa shape index (κ3) is 8.16. The molecule has 0 spiro atoms. The van der Waals surface area contributed by atoms with Gasteiger partial charge in [0.05, 0.1) is 18.0 Å². The van der Waals surface area contributed by atoms with Crippen LogP contribution in [0.2, 0.25) is 0 Å². The Hall–Kier alpha value is -3.28. The molecule has 1 unspecified atom stereocenters. The molecule has 4 N–H and O–H groups in total. The summed E-state index contributed by atoms with van der Waals surface area (Å²) in [5.74, 6) is -0.674. The zero-order chi connectivity index (χ0) is 25.6. The van der Waals surface area contributed by atoms with E-state index in [1.54, 1.807) is 24.3 Å². The lowest BCUT2D eigenvalue weighted by molar-refractivity contribution is -0.0498. The molecule has 0 saturated carbocycles. The maximum Gasteiger partial charge on any atom is 0.387 e. The van der Waals surface area contributed by atoms with Crippen molar-refractivity contribution >= 4 is 15.7 Å². The Morgan fingerprint density at radius 2 is 1.60 bits per heavy atom. The van der Waals surface area contributed by atoms with Gasteiger partial charge >= 0.3 is 6.61 Å². The summed E-state index contributed by atoms with van der Waals surface area (Å²) in [6.45, 7) is -2.92. The molecule has 0 bridgehead atoms. The van der Waals surface area contributed by atoms with Crippen LogP contribution in [0.15, 0.2) is 66.7 Å². The minimum atomic E-state index is -3.64. The highest BCUT2D eigenvalue weighted by Gasteiger charge is 2.18. The van der Waals surface area contributed by atoms with Gasteiger partial charge in [-0.2, -0.15) is 8.78 Å². The standard InChI is InChI=1S/C24H25F3N2O5S/c1-35(32,33)29-21-13-17(6-11-22(21)30)23(31)14-28-20(12-15-2-7-18(25)8-3-15)16-4-9-19(10-5-16)34-24(26)27/h2-11,13,20,23-24,28-31H,12,14H2,1H3/t20?,23-/m1/s1. The highest BCUT2D eigenvalue weighted by molar-refractivity contribution is 7.92. The van der Waals surface area contributed by atoms with E-state index < -0.39 is 22.7 Å². The fourth-order valence-electron chi connectivity index (χ4n) is 3.46. The van der Waals surface area contributed by atoms with Gasteiger partial charge in [-0.25, -0.2) is 12.8 Å². The van der Waals surface area contributed by atoms with E-state index >= 15 is 0 Å². The molecule has 0 aliphatic heterocycles. The lowest BCUT2D eigenvalue weighted by atomic mass is 9.98. The van der Waals surface area contributed by atoms with Gasteiger partial charge in [-0.3, -0.25) is 4.72 Å². The highest BCUT2D eigenvalue weighted by Crippen LogP contribution is 2.29. The van der Waals surface area contributed by atoms with Crippen LogP contribution in [0.4, 0.5) is 18.9 Å². The normalized spacial score (nSPS) is 13.4. The number of phenols is 1. The van der Waals surface area contributed by atoms with Crippen molar-refractivity contribution in [3.63, 3.8) is 0 Å². The molecule has 0 aliphatic rings. The molecule has 188 valence electrons. The molecule has 0 saturated heterocycles. The first-order valence-electron chi connectivity index (χ1n) is 10.5. The first-order valence-corrected chi connectivity index (χ1v) is 12.4. The number of halogens is 3. The molecule has 0 heterocycles. The van der Waals surface area contributed by atoms with Crippen molar-refractivity contribution in [2.75, 3.05) is 17.5 Å². The second-order valence-electron chi connectivity index (χ2n) is 7.91. The monoisotopic (exact) mass is 510 g/mol. The molecule has 3 rings (SSSR count). The number of aliphatic hydroxyl groups is 1. The number of aromatic hydroxyl groups is 1. The highest BCUT2D eigenvalue weighted by atomic mass is 32.2. The van der Waals surface area contributed by atoms with E-state index in [1.807, 2.05) is 0 Å². The van der Waals surface area contributed by atoms with Gasteiger partial charge in [0, 0.05) is 12.6 Å². The molecule has 3 aromatic carbocycles. The Morgan fingerprint density at radius 1 is 0.971 bits per heavy atom. The summed E-state index contributed by atoms with van der Waals surface area (Å²) in [6, 6.07) is 15.6. The van der Waals surface area contributed by atoms with Crippen LogP contribution < -0.4 is 14.8 Å².